The van der Waals surface area contributed by atoms with Crippen LogP contribution in [0.25, 0.3) is 0 Å². The van der Waals surface area contributed by atoms with Gasteiger partial charge < -0.3 is 4.90 Å². The van der Waals surface area contributed by atoms with Crippen molar-refractivity contribution in [3.8, 4) is 0 Å². The molecule has 10 heteroatoms. The van der Waals surface area contributed by atoms with E-state index in [1.54, 1.807) is 22.3 Å². The van der Waals surface area contributed by atoms with Crippen LogP contribution in [-0.2, 0) is 21.4 Å². The third-order valence-electron chi connectivity index (χ3n) is 4.83. The Labute approximate surface area is 185 Å². The van der Waals surface area contributed by atoms with Crippen molar-refractivity contribution in [3.63, 3.8) is 0 Å². The molecule has 0 bridgehead atoms. The Morgan fingerprint density at radius 2 is 2.00 bits per heavy atom. The maximum Gasteiger partial charge on any atom is 0.243 e. The molecule has 1 aliphatic rings. The van der Waals surface area contributed by atoms with Gasteiger partial charge in [-0.2, -0.15) is 4.31 Å². The molecule has 0 unspecified atom stereocenters. The zero-order valence-corrected chi connectivity index (χ0v) is 18.7. The summed E-state index contributed by atoms with van der Waals surface area (Å²) in [4.78, 5) is 17.5. The minimum Gasteiger partial charge on any atom is -0.339 e. The number of hydrogen-bond donors (Lipinski definition) is 0. The second kappa shape index (κ2) is 10.0. The quantitative estimate of drug-likeness (QED) is 0.555. The average molecular weight is 472 g/mol. The Hall–Kier alpha value is -1.78. The summed E-state index contributed by atoms with van der Waals surface area (Å²) in [5, 5.41) is 1.76. The van der Waals surface area contributed by atoms with E-state index in [9.17, 15) is 17.6 Å². The van der Waals surface area contributed by atoms with Crippen LogP contribution in [0.5, 0.6) is 0 Å². The third kappa shape index (κ3) is 5.47. The Morgan fingerprint density at radius 3 is 2.60 bits per heavy atom. The molecule has 1 aromatic heterocycles. The van der Waals surface area contributed by atoms with Crippen molar-refractivity contribution < 1.29 is 17.6 Å². The predicted octanol–water partition coefficient (Wildman–Crippen LogP) is 3.06. The van der Waals surface area contributed by atoms with Crippen LogP contribution in [0.3, 0.4) is 0 Å². The van der Waals surface area contributed by atoms with Gasteiger partial charge in [-0.1, -0.05) is 23.7 Å². The fourth-order valence-corrected chi connectivity index (χ4v) is 5.69. The number of amides is 1. The molecule has 1 fully saturated rings. The Morgan fingerprint density at radius 1 is 1.27 bits per heavy atom. The third-order valence-corrected chi connectivity index (χ3v) is 7.87. The molecule has 0 atom stereocenters. The fourth-order valence-electron chi connectivity index (χ4n) is 3.25. The maximum absolute atomic E-state index is 13.4. The van der Waals surface area contributed by atoms with Gasteiger partial charge in [0.05, 0.1) is 16.5 Å². The number of rotatable bonds is 8. The summed E-state index contributed by atoms with van der Waals surface area (Å²) < 4.78 is 40.2. The summed E-state index contributed by atoms with van der Waals surface area (Å²) in [5.74, 6) is -0.715. The lowest BCUT2D eigenvalue weighted by molar-refractivity contribution is -0.133. The van der Waals surface area contributed by atoms with Gasteiger partial charge in [-0.05, 0) is 29.6 Å². The maximum atomic E-state index is 13.4. The number of hydrogen-bond acceptors (Lipinski definition) is 5. The highest BCUT2D eigenvalue weighted by atomic mass is 35.5. The van der Waals surface area contributed by atoms with Crippen molar-refractivity contribution in [1.82, 2.24) is 14.1 Å². The van der Waals surface area contributed by atoms with E-state index in [2.05, 4.69) is 6.58 Å². The summed E-state index contributed by atoms with van der Waals surface area (Å²) in [5.41, 5.74) is 0. The number of nitrogens with zero attached hydrogens (tertiary/aromatic N) is 3. The summed E-state index contributed by atoms with van der Waals surface area (Å²) >= 11 is 7.36. The van der Waals surface area contributed by atoms with Gasteiger partial charge >= 0.3 is 0 Å². The second-order valence-corrected chi connectivity index (χ2v) is 10.3. The number of carbonyl (C=O) groups is 1. The topological polar surface area (TPSA) is 60.9 Å². The monoisotopic (exact) mass is 471 g/mol. The van der Waals surface area contributed by atoms with Crippen LogP contribution in [-0.4, -0.2) is 67.7 Å². The number of sulfonamides is 1. The highest BCUT2D eigenvalue weighted by Gasteiger charge is 2.31. The summed E-state index contributed by atoms with van der Waals surface area (Å²) in [6, 6.07) is 7.35. The van der Waals surface area contributed by atoms with Crippen LogP contribution in [0.1, 0.15) is 4.88 Å². The molecule has 0 radical (unpaired) electrons. The van der Waals surface area contributed by atoms with Crippen molar-refractivity contribution in [2.75, 3.05) is 39.3 Å². The average Bonchev–Trinajstić information content (AvgIpc) is 3.23. The zero-order chi connectivity index (χ0) is 21.7. The normalized spacial score (nSPS) is 15.5. The first-order chi connectivity index (χ1) is 14.3. The fraction of sp³-hybridized carbons (Fsp3) is 0.350. The number of carbonyl (C=O) groups excluding carboxylic acids is 1. The van der Waals surface area contributed by atoms with Gasteiger partial charge in [-0.25, -0.2) is 12.8 Å². The molecule has 3 rings (SSSR count). The molecule has 1 amide bonds. The van der Waals surface area contributed by atoms with Crippen LogP contribution in [0.4, 0.5) is 4.39 Å². The van der Waals surface area contributed by atoms with Gasteiger partial charge in [0.25, 0.3) is 0 Å². The number of benzene rings is 1. The molecule has 1 aliphatic heterocycles. The highest BCUT2D eigenvalue weighted by Crippen LogP contribution is 2.23. The van der Waals surface area contributed by atoms with E-state index in [4.69, 9.17) is 11.6 Å². The lowest BCUT2D eigenvalue weighted by Gasteiger charge is -2.35. The summed E-state index contributed by atoms with van der Waals surface area (Å²) in [6.45, 7) is 6.20. The Balaban J connectivity index is 1.59. The second-order valence-electron chi connectivity index (χ2n) is 6.90. The smallest absolute Gasteiger partial charge is 0.243 e. The summed E-state index contributed by atoms with van der Waals surface area (Å²) in [6.07, 6.45) is 1.76. The molecule has 0 N–H and O–H groups in total. The number of piperazine rings is 1. The SMILES string of the molecule is C=CCN(CC(=O)N1CCN(S(=O)(=O)c2ccc(F)c(Cl)c2)CC1)Cc1cccs1. The zero-order valence-electron chi connectivity index (χ0n) is 16.3. The van der Waals surface area contributed by atoms with Gasteiger partial charge in [0, 0.05) is 44.1 Å². The molecule has 0 aliphatic carbocycles. The standard InChI is InChI=1S/C20H23ClFN3O3S2/c1-2-7-23(14-16-4-3-12-29-16)15-20(26)24-8-10-25(11-9-24)30(27,28)17-5-6-19(22)18(21)13-17/h2-6,12-13H,1,7-11,14-15H2. The molecular formula is C20H23ClFN3O3S2. The largest absolute Gasteiger partial charge is 0.339 e. The molecule has 0 spiro atoms. The van der Waals surface area contributed by atoms with Crippen LogP contribution in [0, 0.1) is 5.82 Å². The van der Waals surface area contributed by atoms with Crippen LogP contribution < -0.4 is 0 Å². The molecule has 30 heavy (non-hydrogen) atoms. The van der Waals surface area contributed by atoms with Gasteiger partial charge in [0.2, 0.25) is 15.9 Å². The highest BCUT2D eigenvalue weighted by molar-refractivity contribution is 7.89. The predicted molar refractivity (Wildman–Crippen MR) is 117 cm³/mol. The van der Waals surface area contributed by atoms with E-state index in [0.29, 0.717) is 26.2 Å². The van der Waals surface area contributed by atoms with Crippen molar-refractivity contribution >= 4 is 38.9 Å². The van der Waals surface area contributed by atoms with E-state index >= 15 is 0 Å². The van der Waals surface area contributed by atoms with Gasteiger partial charge in [-0.15, -0.1) is 17.9 Å². The lowest BCUT2D eigenvalue weighted by Crippen LogP contribution is -2.52. The van der Waals surface area contributed by atoms with Crippen molar-refractivity contribution in [1.29, 1.82) is 0 Å². The lowest BCUT2D eigenvalue weighted by atomic mass is 10.3. The summed E-state index contributed by atoms with van der Waals surface area (Å²) in [7, 11) is -3.79. The number of thiophene rings is 1. The molecule has 1 aromatic carbocycles. The van der Waals surface area contributed by atoms with Crippen LogP contribution in [0.2, 0.25) is 5.02 Å². The van der Waals surface area contributed by atoms with E-state index in [1.165, 1.54) is 15.2 Å². The first kappa shape index (κ1) is 22.9. The first-order valence-electron chi connectivity index (χ1n) is 9.40. The molecule has 6 nitrogen and oxygen atoms in total. The molecule has 2 aromatic rings. The molecular weight excluding hydrogens is 449 g/mol. The van der Waals surface area contributed by atoms with Gasteiger partial charge in [-0.3, -0.25) is 9.69 Å². The van der Waals surface area contributed by atoms with Gasteiger partial charge in [0.1, 0.15) is 5.82 Å². The minimum atomic E-state index is -3.79. The van der Waals surface area contributed by atoms with E-state index in [1.807, 2.05) is 22.4 Å². The van der Waals surface area contributed by atoms with Gasteiger partial charge in [0.15, 0.2) is 0 Å². The van der Waals surface area contributed by atoms with Crippen LogP contribution in [0.15, 0.2) is 53.3 Å². The molecule has 0 saturated carbocycles. The van der Waals surface area contributed by atoms with E-state index in [-0.39, 0.29) is 35.5 Å². The Bertz CT molecular complexity index is 991. The first-order valence-corrected chi connectivity index (χ1v) is 12.1. The van der Waals surface area contributed by atoms with Crippen LogP contribution >= 0.6 is 22.9 Å². The molecule has 2 heterocycles. The van der Waals surface area contributed by atoms with E-state index in [0.717, 1.165) is 12.1 Å². The minimum absolute atomic E-state index is 0.0460. The van der Waals surface area contributed by atoms with Crippen molar-refractivity contribution in [3.05, 3.63) is 64.1 Å². The number of halogens is 2. The molecule has 1 saturated heterocycles. The van der Waals surface area contributed by atoms with E-state index < -0.39 is 15.8 Å². The van der Waals surface area contributed by atoms with Crippen molar-refractivity contribution in [2.45, 2.75) is 11.4 Å². The Kier molecular flexibility index (Phi) is 7.65. The van der Waals surface area contributed by atoms with Crippen molar-refractivity contribution in [2.24, 2.45) is 0 Å². The molecule has 162 valence electrons.